The van der Waals surface area contributed by atoms with E-state index in [0.29, 0.717) is 23.3 Å². The molecule has 0 unspecified atom stereocenters. The second kappa shape index (κ2) is 4.60. The fourth-order valence-corrected chi connectivity index (χ4v) is 5.36. The molecule has 0 heterocycles. The van der Waals surface area contributed by atoms with E-state index in [1.165, 1.54) is 19.3 Å². The smallest absolute Gasteiger partial charge is 0.333 e. The summed E-state index contributed by atoms with van der Waals surface area (Å²) in [6, 6.07) is 0. The molecule has 0 aromatic rings. The fourth-order valence-electron chi connectivity index (χ4n) is 5.36. The summed E-state index contributed by atoms with van der Waals surface area (Å²) in [5.41, 5.74) is 0.506. The van der Waals surface area contributed by atoms with Crippen LogP contribution in [0.4, 0.5) is 0 Å². The zero-order valence-electron chi connectivity index (χ0n) is 11.1. The molecule has 4 nitrogen and oxygen atoms in total. The van der Waals surface area contributed by atoms with E-state index < -0.39 is 12.6 Å². The van der Waals surface area contributed by atoms with Crippen LogP contribution in [0.3, 0.4) is 0 Å². The van der Waals surface area contributed by atoms with Crippen LogP contribution >= 0.6 is 0 Å². The molecule has 4 aliphatic carbocycles. The van der Waals surface area contributed by atoms with Gasteiger partial charge in [-0.3, -0.25) is 0 Å². The van der Waals surface area contributed by atoms with Crippen molar-refractivity contribution in [2.75, 3.05) is 13.2 Å². The van der Waals surface area contributed by atoms with Crippen LogP contribution in [-0.4, -0.2) is 34.5 Å². The van der Waals surface area contributed by atoms with E-state index in [-0.39, 0.29) is 17.6 Å². The molecule has 0 aromatic heterocycles. The standard InChI is InChI=1S/C15H22O4/c16-7-12(14(18)19)13(8-17)15-4-9-1-10(5-15)3-11(2-9)6-15/h9-11,16-17H,1-8H2,(H,18,19). The van der Waals surface area contributed by atoms with E-state index in [1.807, 2.05) is 0 Å². The van der Waals surface area contributed by atoms with E-state index >= 15 is 0 Å². The van der Waals surface area contributed by atoms with Gasteiger partial charge in [-0.15, -0.1) is 0 Å². The average molecular weight is 266 g/mol. The first-order valence-corrected chi connectivity index (χ1v) is 7.25. The lowest BCUT2D eigenvalue weighted by Gasteiger charge is -2.57. The first kappa shape index (κ1) is 13.1. The van der Waals surface area contributed by atoms with Gasteiger partial charge >= 0.3 is 5.97 Å². The van der Waals surface area contributed by atoms with Crippen LogP contribution < -0.4 is 0 Å². The quantitative estimate of drug-likeness (QED) is 0.675. The number of hydrogen-bond acceptors (Lipinski definition) is 3. The third-order valence-electron chi connectivity index (χ3n) is 5.62. The molecule has 4 rings (SSSR count). The number of carboxylic acid groups (broad SMARTS) is 1. The first-order chi connectivity index (χ1) is 9.08. The van der Waals surface area contributed by atoms with Gasteiger partial charge in [-0.2, -0.15) is 0 Å². The van der Waals surface area contributed by atoms with Crippen molar-refractivity contribution in [2.24, 2.45) is 23.2 Å². The van der Waals surface area contributed by atoms with Crippen molar-refractivity contribution in [3.63, 3.8) is 0 Å². The van der Waals surface area contributed by atoms with Crippen LogP contribution in [0.25, 0.3) is 0 Å². The highest BCUT2D eigenvalue weighted by Crippen LogP contribution is 2.62. The molecular formula is C15H22O4. The molecule has 3 N–H and O–H groups in total. The molecule has 4 fully saturated rings. The van der Waals surface area contributed by atoms with Crippen LogP contribution in [0.2, 0.25) is 0 Å². The number of carboxylic acids is 1. The Kier molecular flexibility index (Phi) is 3.18. The number of hydrogen-bond donors (Lipinski definition) is 3. The third-order valence-corrected chi connectivity index (χ3v) is 5.62. The van der Waals surface area contributed by atoms with Gasteiger partial charge in [0.05, 0.1) is 18.8 Å². The lowest BCUT2D eigenvalue weighted by atomic mass is 9.47. The summed E-state index contributed by atoms with van der Waals surface area (Å²) in [6.45, 7) is -0.707. The average Bonchev–Trinajstić information content (AvgIpc) is 2.33. The van der Waals surface area contributed by atoms with Crippen molar-refractivity contribution in [2.45, 2.75) is 38.5 Å². The Hall–Kier alpha value is -0.870. The van der Waals surface area contributed by atoms with Gasteiger partial charge in [-0.1, -0.05) is 0 Å². The van der Waals surface area contributed by atoms with Gasteiger partial charge in [0.25, 0.3) is 0 Å². The lowest BCUT2D eigenvalue weighted by Crippen LogP contribution is -2.48. The molecule has 4 bridgehead atoms. The summed E-state index contributed by atoms with van der Waals surface area (Å²) in [5, 5.41) is 28.3. The first-order valence-electron chi connectivity index (χ1n) is 7.25. The zero-order chi connectivity index (χ0) is 13.6. The largest absolute Gasteiger partial charge is 0.478 e. The Labute approximate surface area is 113 Å². The highest BCUT2D eigenvalue weighted by atomic mass is 16.4. The fraction of sp³-hybridized carbons (Fsp3) is 0.800. The van der Waals surface area contributed by atoms with Gasteiger partial charge in [0.1, 0.15) is 0 Å². The lowest BCUT2D eigenvalue weighted by molar-refractivity contribution is -0.133. The van der Waals surface area contributed by atoms with E-state index in [4.69, 9.17) is 0 Å². The molecule has 4 saturated carbocycles. The second-order valence-corrected chi connectivity index (χ2v) is 6.78. The van der Waals surface area contributed by atoms with Crippen molar-refractivity contribution in [1.29, 1.82) is 0 Å². The Morgan fingerprint density at radius 3 is 1.74 bits per heavy atom. The minimum Gasteiger partial charge on any atom is -0.478 e. The molecule has 0 aliphatic heterocycles. The predicted octanol–water partition coefficient (Wildman–Crippen LogP) is 1.57. The van der Waals surface area contributed by atoms with Crippen molar-refractivity contribution < 1.29 is 20.1 Å². The minimum absolute atomic E-state index is 0.0319. The van der Waals surface area contributed by atoms with Gasteiger partial charge in [-0.05, 0) is 67.3 Å². The van der Waals surface area contributed by atoms with Gasteiger partial charge in [0.2, 0.25) is 0 Å². The molecule has 0 amide bonds. The number of aliphatic hydroxyl groups excluding tert-OH is 2. The number of aliphatic hydroxyl groups is 2. The Balaban J connectivity index is 2.01. The minimum atomic E-state index is -1.08. The van der Waals surface area contributed by atoms with Crippen LogP contribution in [0.1, 0.15) is 38.5 Å². The van der Waals surface area contributed by atoms with Crippen molar-refractivity contribution in [3.05, 3.63) is 11.1 Å². The maximum atomic E-state index is 11.3. The number of aliphatic carboxylic acids is 1. The van der Waals surface area contributed by atoms with Crippen LogP contribution in [0.15, 0.2) is 11.1 Å². The van der Waals surface area contributed by atoms with E-state index in [0.717, 1.165) is 19.3 Å². The normalized spacial score (nSPS) is 41.3. The third kappa shape index (κ3) is 2.01. The molecule has 0 radical (unpaired) electrons. The number of carbonyl (C=O) groups is 1. The number of rotatable bonds is 4. The maximum absolute atomic E-state index is 11.3. The zero-order valence-corrected chi connectivity index (χ0v) is 11.1. The topological polar surface area (TPSA) is 77.8 Å². The van der Waals surface area contributed by atoms with E-state index in [9.17, 15) is 20.1 Å². The van der Waals surface area contributed by atoms with Gasteiger partial charge in [-0.25, -0.2) is 4.79 Å². The molecule has 4 heteroatoms. The van der Waals surface area contributed by atoms with E-state index in [1.54, 1.807) is 0 Å². The summed E-state index contributed by atoms with van der Waals surface area (Å²) >= 11 is 0. The van der Waals surface area contributed by atoms with E-state index in [2.05, 4.69) is 0 Å². The Morgan fingerprint density at radius 2 is 1.42 bits per heavy atom. The summed E-state index contributed by atoms with van der Waals surface area (Å²) in [7, 11) is 0. The molecule has 19 heavy (non-hydrogen) atoms. The van der Waals surface area contributed by atoms with Gasteiger partial charge < -0.3 is 15.3 Å². The Bertz CT molecular complexity index is 389. The predicted molar refractivity (Wildman–Crippen MR) is 69.4 cm³/mol. The molecule has 106 valence electrons. The molecule has 4 aliphatic rings. The summed E-state index contributed by atoms with van der Waals surface area (Å²) < 4.78 is 0. The molecule has 0 aromatic carbocycles. The maximum Gasteiger partial charge on any atom is 0.333 e. The highest BCUT2D eigenvalue weighted by molar-refractivity contribution is 5.88. The molecule has 0 spiro atoms. The van der Waals surface area contributed by atoms with Crippen molar-refractivity contribution in [3.8, 4) is 0 Å². The van der Waals surface area contributed by atoms with Crippen LogP contribution in [-0.2, 0) is 4.79 Å². The summed E-state index contributed by atoms with van der Waals surface area (Å²) in [5.74, 6) is 1.01. The second-order valence-electron chi connectivity index (χ2n) is 6.78. The van der Waals surface area contributed by atoms with Crippen LogP contribution in [0.5, 0.6) is 0 Å². The highest BCUT2D eigenvalue weighted by Gasteiger charge is 2.53. The summed E-state index contributed by atoms with van der Waals surface area (Å²) in [4.78, 5) is 11.3. The van der Waals surface area contributed by atoms with Gasteiger partial charge in [0, 0.05) is 0 Å². The van der Waals surface area contributed by atoms with Crippen molar-refractivity contribution in [1.82, 2.24) is 0 Å². The van der Waals surface area contributed by atoms with Crippen LogP contribution in [0, 0.1) is 23.2 Å². The Morgan fingerprint density at radius 1 is 0.947 bits per heavy atom. The summed E-state index contributed by atoms with van der Waals surface area (Å²) in [6.07, 6.45) is 6.85. The molecule has 0 saturated heterocycles. The van der Waals surface area contributed by atoms with Gasteiger partial charge in [0.15, 0.2) is 0 Å². The van der Waals surface area contributed by atoms with Crippen molar-refractivity contribution >= 4 is 5.97 Å². The molecular weight excluding hydrogens is 244 g/mol. The molecule has 0 atom stereocenters. The SMILES string of the molecule is O=C(O)C(CO)=C(CO)C12CC3CC(CC(C3)C1)C2. The monoisotopic (exact) mass is 266 g/mol.